The summed E-state index contributed by atoms with van der Waals surface area (Å²) in [7, 11) is 0. The summed E-state index contributed by atoms with van der Waals surface area (Å²) in [6.45, 7) is 1.08. The number of hydrogen-bond acceptors (Lipinski definition) is 4. The third kappa shape index (κ3) is 4.72. The maximum absolute atomic E-state index is 11.8. The molecule has 7 heteroatoms. The van der Waals surface area contributed by atoms with Crippen LogP contribution in [-0.4, -0.2) is 29.5 Å². The van der Waals surface area contributed by atoms with E-state index in [4.69, 9.17) is 4.74 Å². The lowest BCUT2D eigenvalue weighted by atomic mass is 10.0. The van der Waals surface area contributed by atoms with Gasteiger partial charge >= 0.3 is 0 Å². The summed E-state index contributed by atoms with van der Waals surface area (Å²) in [5.41, 5.74) is 1.77. The topological polar surface area (TPSA) is 89.4 Å². The Balaban J connectivity index is 1.39. The fourth-order valence-electron chi connectivity index (χ4n) is 2.76. The smallest absolute Gasteiger partial charge is 0.250 e. The molecule has 0 bridgehead atoms. The van der Waals surface area contributed by atoms with Crippen LogP contribution in [0.1, 0.15) is 18.4 Å². The lowest BCUT2D eigenvalue weighted by molar-refractivity contribution is -0.121. The van der Waals surface area contributed by atoms with Gasteiger partial charge in [-0.3, -0.25) is 14.4 Å². The number of aromatic nitrogens is 1. The summed E-state index contributed by atoms with van der Waals surface area (Å²) in [5.74, 6) is 0.620. The Morgan fingerprint density at radius 3 is 2.92 bits per heavy atom. The number of carbonyl (C=O) groups is 2. The Hall–Kier alpha value is -3.09. The third-order valence-corrected chi connectivity index (χ3v) is 4.14. The first kappa shape index (κ1) is 17.7. The van der Waals surface area contributed by atoms with E-state index in [2.05, 4.69) is 10.6 Å². The second kappa shape index (κ2) is 8.33. The zero-order valence-electron chi connectivity index (χ0n) is 14.4. The fraction of sp³-hybridized carbons (Fsp3) is 0.316. The number of nitrogens with zero attached hydrogens (tertiary/aromatic N) is 1. The third-order valence-electron chi connectivity index (χ3n) is 4.14. The van der Waals surface area contributed by atoms with Crippen LogP contribution in [0.25, 0.3) is 0 Å². The molecule has 1 aliphatic heterocycles. The maximum Gasteiger partial charge on any atom is 0.250 e. The average Bonchev–Trinajstić information content (AvgIpc) is 2.64. The molecule has 1 aliphatic rings. The van der Waals surface area contributed by atoms with Crippen molar-refractivity contribution in [3.8, 4) is 5.75 Å². The van der Waals surface area contributed by atoms with Crippen molar-refractivity contribution in [3.63, 3.8) is 0 Å². The maximum atomic E-state index is 11.8. The van der Waals surface area contributed by atoms with Crippen LogP contribution in [-0.2, 0) is 22.6 Å². The van der Waals surface area contributed by atoms with E-state index in [1.165, 1.54) is 10.6 Å². The van der Waals surface area contributed by atoms with Crippen molar-refractivity contribution in [1.29, 1.82) is 0 Å². The average molecular weight is 355 g/mol. The van der Waals surface area contributed by atoms with Crippen molar-refractivity contribution in [2.24, 2.45) is 0 Å². The molecule has 3 rings (SSSR count). The van der Waals surface area contributed by atoms with Crippen molar-refractivity contribution in [1.82, 2.24) is 9.88 Å². The SMILES string of the molecule is O=C(CCn1ccccc1=O)NCCOc1ccc2c(c1)CCC(=O)N2. The normalized spacial score (nSPS) is 12.8. The molecule has 0 fully saturated rings. The zero-order chi connectivity index (χ0) is 18.4. The van der Waals surface area contributed by atoms with Gasteiger partial charge in [0, 0.05) is 37.3 Å². The Bertz CT molecular complexity index is 860. The Morgan fingerprint density at radius 2 is 2.08 bits per heavy atom. The Morgan fingerprint density at radius 1 is 1.19 bits per heavy atom. The first-order valence-corrected chi connectivity index (χ1v) is 8.59. The van der Waals surface area contributed by atoms with Crippen LogP contribution < -0.4 is 20.9 Å². The molecule has 2 N–H and O–H groups in total. The van der Waals surface area contributed by atoms with Gasteiger partial charge in [-0.1, -0.05) is 6.07 Å². The number of pyridine rings is 1. The number of benzene rings is 1. The highest BCUT2D eigenvalue weighted by molar-refractivity contribution is 5.94. The Labute approximate surface area is 151 Å². The zero-order valence-corrected chi connectivity index (χ0v) is 14.4. The van der Waals surface area contributed by atoms with Crippen LogP contribution >= 0.6 is 0 Å². The van der Waals surface area contributed by atoms with Crippen LogP contribution in [0.3, 0.4) is 0 Å². The number of carbonyl (C=O) groups excluding carboxylic acids is 2. The molecule has 1 aromatic heterocycles. The predicted octanol–water partition coefficient (Wildman–Crippen LogP) is 1.32. The highest BCUT2D eigenvalue weighted by Crippen LogP contribution is 2.26. The minimum Gasteiger partial charge on any atom is -0.492 e. The molecular weight excluding hydrogens is 334 g/mol. The van der Waals surface area contributed by atoms with Gasteiger partial charge in [-0.25, -0.2) is 0 Å². The molecule has 0 atom stereocenters. The summed E-state index contributed by atoms with van der Waals surface area (Å²) < 4.78 is 7.15. The molecule has 2 aromatic rings. The lowest BCUT2D eigenvalue weighted by Crippen LogP contribution is -2.30. The molecule has 2 heterocycles. The van der Waals surface area contributed by atoms with Gasteiger partial charge in [0.15, 0.2) is 0 Å². The second-order valence-corrected chi connectivity index (χ2v) is 6.05. The molecule has 1 aromatic carbocycles. The minimum atomic E-state index is -0.127. The van der Waals surface area contributed by atoms with Gasteiger partial charge in [0.1, 0.15) is 12.4 Å². The molecule has 0 spiro atoms. The first-order chi connectivity index (χ1) is 12.6. The standard InChI is InChI=1S/C19H21N3O4/c23-17(8-11-22-10-2-1-3-19(22)25)20-9-12-26-15-5-6-16-14(13-15)4-7-18(24)21-16/h1-3,5-6,10,13H,4,7-9,11-12H2,(H,20,23)(H,21,24). The molecule has 26 heavy (non-hydrogen) atoms. The Kier molecular flexibility index (Phi) is 5.68. The van der Waals surface area contributed by atoms with Gasteiger partial charge in [0.25, 0.3) is 5.56 Å². The van der Waals surface area contributed by atoms with E-state index in [1.54, 1.807) is 24.4 Å². The molecule has 7 nitrogen and oxygen atoms in total. The number of fused-ring (bicyclic) bond motifs is 1. The van der Waals surface area contributed by atoms with Crippen molar-refractivity contribution in [3.05, 3.63) is 58.5 Å². The van der Waals surface area contributed by atoms with E-state index in [0.29, 0.717) is 38.3 Å². The van der Waals surface area contributed by atoms with Crippen LogP contribution in [0.15, 0.2) is 47.4 Å². The summed E-state index contributed by atoms with van der Waals surface area (Å²) in [6, 6.07) is 10.4. The molecule has 0 radical (unpaired) electrons. The van der Waals surface area contributed by atoms with Crippen LogP contribution in [0.2, 0.25) is 0 Å². The number of aryl methyl sites for hydroxylation is 2. The molecule has 136 valence electrons. The number of anilines is 1. The second-order valence-electron chi connectivity index (χ2n) is 6.05. The number of amides is 2. The van der Waals surface area contributed by atoms with Crippen LogP contribution in [0.5, 0.6) is 5.75 Å². The van der Waals surface area contributed by atoms with E-state index < -0.39 is 0 Å². The van der Waals surface area contributed by atoms with Crippen LogP contribution in [0.4, 0.5) is 5.69 Å². The van der Waals surface area contributed by atoms with Gasteiger partial charge in [-0.2, -0.15) is 0 Å². The molecule has 2 amide bonds. The minimum absolute atomic E-state index is 0.0339. The number of hydrogen-bond donors (Lipinski definition) is 2. The number of rotatable bonds is 7. The van der Waals surface area contributed by atoms with E-state index in [0.717, 1.165) is 11.3 Å². The van der Waals surface area contributed by atoms with E-state index in [1.807, 2.05) is 12.1 Å². The summed E-state index contributed by atoms with van der Waals surface area (Å²) in [4.78, 5) is 34.7. The summed E-state index contributed by atoms with van der Waals surface area (Å²) >= 11 is 0. The van der Waals surface area contributed by atoms with E-state index >= 15 is 0 Å². The van der Waals surface area contributed by atoms with Gasteiger partial charge in [-0.15, -0.1) is 0 Å². The van der Waals surface area contributed by atoms with Crippen molar-refractivity contribution in [2.75, 3.05) is 18.5 Å². The van der Waals surface area contributed by atoms with Crippen molar-refractivity contribution < 1.29 is 14.3 Å². The predicted molar refractivity (Wildman–Crippen MR) is 97.2 cm³/mol. The largest absolute Gasteiger partial charge is 0.492 e. The molecule has 0 saturated heterocycles. The lowest BCUT2D eigenvalue weighted by Gasteiger charge is -2.17. The monoisotopic (exact) mass is 355 g/mol. The molecule has 0 unspecified atom stereocenters. The summed E-state index contributed by atoms with van der Waals surface area (Å²) in [5, 5.41) is 5.60. The highest BCUT2D eigenvalue weighted by atomic mass is 16.5. The quantitative estimate of drug-likeness (QED) is 0.733. The summed E-state index contributed by atoms with van der Waals surface area (Å²) in [6.07, 6.45) is 3.09. The molecule has 0 saturated carbocycles. The molecular formula is C19H21N3O4. The number of nitrogens with one attached hydrogen (secondary N) is 2. The highest BCUT2D eigenvalue weighted by Gasteiger charge is 2.14. The van der Waals surface area contributed by atoms with Gasteiger partial charge in [-0.05, 0) is 36.2 Å². The van der Waals surface area contributed by atoms with E-state index in [9.17, 15) is 14.4 Å². The van der Waals surface area contributed by atoms with Crippen LogP contribution in [0, 0.1) is 0 Å². The first-order valence-electron chi connectivity index (χ1n) is 8.59. The van der Waals surface area contributed by atoms with E-state index in [-0.39, 0.29) is 23.8 Å². The number of ether oxygens (including phenoxy) is 1. The fourth-order valence-corrected chi connectivity index (χ4v) is 2.76. The van der Waals surface area contributed by atoms with Gasteiger partial charge in [0.2, 0.25) is 11.8 Å². The van der Waals surface area contributed by atoms with Crippen molar-refractivity contribution >= 4 is 17.5 Å². The van der Waals surface area contributed by atoms with Crippen molar-refractivity contribution in [2.45, 2.75) is 25.8 Å². The molecule has 0 aliphatic carbocycles. The van der Waals surface area contributed by atoms with Gasteiger partial charge < -0.3 is 19.9 Å². The van der Waals surface area contributed by atoms with Gasteiger partial charge in [0.05, 0.1) is 6.54 Å².